The Hall–Kier alpha value is -2.11. The molecule has 1 heterocycles. The summed E-state index contributed by atoms with van der Waals surface area (Å²) in [4.78, 5) is 22.6. The third-order valence-electron chi connectivity index (χ3n) is 2.11. The van der Waals surface area contributed by atoms with Crippen LogP contribution in [0.15, 0.2) is 24.3 Å². The molecule has 1 saturated heterocycles. The van der Waals surface area contributed by atoms with E-state index in [-0.39, 0.29) is 5.69 Å². The van der Waals surface area contributed by atoms with Gasteiger partial charge in [0, 0.05) is 12.1 Å². The number of hydrogen-bond donors (Lipinski definition) is 0. The maximum absolute atomic E-state index is 11.2. The number of ether oxygens (including phenoxy) is 1. The molecule has 1 amide bonds. The summed E-state index contributed by atoms with van der Waals surface area (Å²) in [6, 6.07) is 5.91. The molecule has 0 radical (unpaired) electrons. The van der Waals surface area contributed by atoms with Gasteiger partial charge in [-0.25, -0.2) is 4.79 Å². The zero-order valence-electron chi connectivity index (χ0n) is 7.75. The van der Waals surface area contributed by atoms with Crippen LogP contribution in [0.3, 0.4) is 0 Å². The Morgan fingerprint density at radius 2 is 2.27 bits per heavy atom. The molecule has 0 N–H and O–H groups in total. The Labute approximate surface area is 85.2 Å². The molecule has 1 aromatic carbocycles. The van der Waals surface area contributed by atoms with Crippen LogP contribution in [0.2, 0.25) is 0 Å². The molecular formula is C9H8N2O4. The van der Waals surface area contributed by atoms with Crippen molar-refractivity contribution in [2.24, 2.45) is 0 Å². The molecule has 6 nitrogen and oxygen atoms in total. The number of carbonyl (C=O) groups is 1. The number of nitro benzene ring substituents is 1. The monoisotopic (exact) mass is 208 g/mol. The van der Waals surface area contributed by atoms with Gasteiger partial charge in [-0.3, -0.25) is 15.0 Å². The molecule has 0 aromatic heterocycles. The number of anilines is 1. The van der Waals surface area contributed by atoms with E-state index in [0.717, 1.165) is 0 Å². The van der Waals surface area contributed by atoms with Gasteiger partial charge in [0.25, 0.3) is 5.69 Å². The second-order valence-electron chi connectivity index (χ2n) is 3.04. The summed E-state index contributed by atoms with van der Waals surface area (Å²) in [6.07, 6.45) is -0.463. The summed E-state index contributed by atoms with van der Waals surface area (Å²) in [5, 5.41) is 10.5. The first-order valence-electron chi connectivity index (χ1n) is 4.37. The summed E-state index contributed by atoms with van der Waals surface area (Å²) >= 11 is 0. The summed E-state index contributed by atoms with van der Waals surface area (Å²) < 4.78 is 4.74. The lowest BCUT2D eigenvalue weighted by molar-refractivity contribution is -0.384. The minimum absolute atomic E-state index is 0.0350. The molecule has 0 unspecified atom stereocenters. The molecule has 0 bridgehead atoms. The molecular weight excluding hydrogens is 200 g/mol. The highest BCUT2D eigenvalue weighted by atomic mass is 16.6. The largest absolute Gasteiger partial charge is 0.447 e. The third kappa shape index (κ3) is 1.74. The molecule has 78 valence electrons. The topological polar surface area (TPSA) is 72.7 Å². The number of cyclic esters (lactones) is 1. The third-order valence-corrected chi connectivity index (χ3v) is 2.11. The average Bonchev–Trinajstić information content (AvgIpc) is 2.64. The predicted molar refractivity (Wildman–Crippen MR) is 51.8 cm³/mol. The highest BCUT2D eigenvalue weighted by molar-refractivity contribution is 5.89. The number of nitro groups is 1. The van der Waals surface area contributed by atoms with E-state index in [1.165, 1.54) is 17.0 Å². The predicted octanol–water partition coefficient (Wildman–Crippen LogP) is 1.55. The molecule has 0 atom stereocenters. The molecule has 0 spiro atoms. The van der Waals surface area contributed by atoms with Crippen molar-refractivity contribution in [2.45, 2.75) is 0 Å². The van der Waals surface area contributed by atoms with Crippen LogP contribution in [0, 0.1) is 10.1 Å². The Kier molecular flexibility index (Phi) is 2.24. The lowest BCUT2D eigenvalue weighted by Gasteiger charge is -2.11. The number of hydrogen-bond acceptors (Lipinski definition) is 4. The number of nitrogens with zero attached hydrogens (tertiary/aromatic N) is 2. The first-order chi connectivity index (χ1) is 7.18. The van der Waals surface area contributed by atoms with Crippen LogP contribution in [0.4, 0.5) is 16.2 Å². The zero-order chi connectivity index (χ0) is 10.8. The quantitative estimate of drug-likeness (QED) is 0.546. The zero-order valence-corrected chi connectivity index (χ0v) is 7.75. The van der Waals surface area contributed by atoms with E-state index in [2.05, 4.69) is 0 Å². The van der Waals surface area contributed by atoms with Gasteiger partial charge in [-0.1, -0.05) is 6.07 Å². The maximum atomic E-state index is 11.2. The normalized spacial score (nSPS) is 15.2. The minimum Gasteiger partial charge on any atom is -0.447 e. The average molecular weight is 208 g/mol. The molecule has 15 heavy (non-hydrogen) atoms. The lowest BCUT2D eigenvalue weighted by atomic mass is 10.2. The van der Waals surface area contributed by atoms with Crippen molar-refractivity contribution in [3.63, 3.8) is 0 Å². The highest BCUT2D eigenvalue weighted by Crippen LogP contribution is 2.23. The Bertz CT molecular complexity index is 418. The summed E-state index contributed by atoms with van der Waals surface area (Å²) in [5.74, 6) is 0. The van der Waals surface area contributed by atoms with E-state index in [0.29, 0.717) is 18.8 Å². The van der Waals surface area contributed by atoms with Crippen LogP contribution in [0.5, 0.6) is 0 Å². The second kappa shape index (κ2) is 3.56. The van der Waals surface area contributed by atoms with Gasteiger partial charge in [-0.2, -0.15) is 0 Å². The van der Waals surface area contributed by atoms with Crippen LogP contribution < -0.4 is 4.90 Å². The van der Waals surface area contributed by atoms with Crippen LogP contribution in [0.25, 0.3) is 0 Å². The molecule has 1 fully saturated rings. The van der Waals surface area contributed by atoms with Crippen molar-refractivity contribution in [3.8, 4) is 0 Å². The van der Waals surface area contributed by atoms with E-state index < -0.39 is 11.0 Å². The fourth-order valence-corrected chi connectivity index (χ4v) is 1.40. The molecule has 1 aliphatic heterocycles. The van der Waals surface area contributed by atoms with Crippen LogP contribution in [0.1, 0.15) is 0 Å². The second-order valence-corrected chi connectivity index (χ2v) is 3.04. The van der Waals surface area contributed by atoms with Crippen LogP contribution in [-0.2, 0) is 4.74 Å². The van der Waals surface area contributed by atoms with Gasteiger partial charge in [0.15, 0.2) is 0 Å². The Morgan fingerprint density at radius 1 is 1.47 bits per heavy atom. The van der Waals surface area contributed by atoms with E-state index in [1.54, 1.807) is 12.1 Å². The summed E-state index contributed by atoms with van der Waals surface area (Å²) in [6.45, 7) is 0.752. The Balaban J connectivity index is 2.32. The van der Waals surface area contributed by atoms with Gasteiger partial charge in [-0.05, 0) is 6.07 Å². The van der Waals surface area contributed by atoms with Gasteiger partial charge in [0.2, 0.25) is 0 Å². The first kappa shape index (κ1) is 9.45. The van der Waals surface area contributed by atoms with Crippen molar-refractivity contribution in [1.29, 1.82) is 0 Å². The van der Waals surface area contributed by atoms with E-state index in [9.17, 15) is 14.9 Å². The summed E-state index contributed by atoms with van der Waals surface area (Å²) in [5.41, 5.74) is 0.457. The molecule has 2 rings (SSSR count). The number of non-ortho nitro benzene ring substituents is 1. The van der Waals surface area contributed by atoms with E-state index >= 15 is 0 Å². The lowest BCUT2D eigenvalue weighted by Crippen LogP contribution is -2.23. The smallest absolute Gasteiger partial charge is 0.414 e. The van der Waals surface area contributed by atoms with Gasteiger partial charge in [0.1, 0.15) is 6.61 Å². The van der Waals surface area contributed by atoms with Gasteiger partial charge < -0.3 is 4.74 Å². The fourth-order valence-electron chi connectivity index (χ4n) is 1.40. The van der Waals surface area contributed by atoms with Crippen molar-refractivity contribution < 1.29 is 14.5 Å². The van der Waals surface area contributed by atoms with Crippen molar-refractivity contribution in [2.75, 3.05) is 18.1 Å². The van der Waals surface area contributed by atoms with Gasteiger partial charge in [0.05, 0.1) is 17.2 Å². The van der Waals surface area contributed by atoms with Gasteiger partial charge in [-0.15, -0.1) is 0 Å². The highest BCUT2D eigenvalue weighted by Gasteiger charge is 2.24. The number of amides is 1. The molecule has 1 aromatic rings. The van der Waals surface area contributed by atoms with Crippen LogP contribution in [-0.4, -0.2) is 24.2 Å². The van der Waals surface area contributed by atoms with Crippen molar-refractivity contribution in [1.82, 2.24) is 0 Å². The molecule has 6 heteroatoms. The molecule has 0 aliphatic carbocycles. The number of rotatable bonds is 2. The minimum atomic E-state index is -0.495. The van der Waals surface area contributed by atoms with E-state index in [1.807, 2.05) is 0 Å². The summed E-state index contributed by atoms with van der Waals surface area (Å²) in [7, 11) is 0. The van der Waals surface area contributed by atoms with Crippen molar-refractivity contribution in [3.05, 3.63) is 34.4 Å². The molecule has 1 aliphatic rings. The van der Waals surface area contributed by atoms with E-state index in [4.69, 9.17) is 4.74 Å². The SMILES string of the molecule is O=C1OCCN1c1cccc([N+](=O)[O-])c1. The van der Waals surface area contributed by atoms with Crippen molar-refractivity contribution >= 4 is 17.5 Å². The number of benzene rings is 1. The Morgan fingerprint density at radius 3 is 2.87 bits per heavy atom. The van der Waals surface area contributed by atoms with Crippen LogP contribution >= 0.6 is 0 Å². The fraction of sp³-hybridized carbons (Fsp3) is 0.222. The first-order valence-corrected chi connectivity index (χ1v) is 4.37. The standard InChI is InChI=1S/C9H8N2O4/c12-9-10(4-5-15-9)7-2-1-3-8(6-7)11(13)14/h1-3,6H,4-5H2. The maximum Gasteiger partial charge on any atom is 0.414 e. The molecule has 0 saturated carbocycles. The number of carbonyl (C=O) groups excluding carboxylic acids is 1. The van der Waals surface area contributed by atoms with Gasteiger partial charge >= 0.3 is 6.09 Å².